The summed E-state index contributed by atoms with van der Waals surface area (Å²) in [5.74, 6) is 0.674. The van der Waals surface area contributed by atoms with Gasteiger partial charge in [-0.3, -0.25) is 4.98 Å². The molecule has 5 aromatic rings. The summed E-state index contributed by atoms with van der Waals surface area (Å²) in [5, 5.41) is 1.89. The molecule has 3 aromatic carbocycles. The van der Waals surface area contributed by atoms with E-state index in [0.717, 1.165) is 38.7 Å². The largest absolute Gasteiger partial charge is 0.455 e. The van der Waals surface area contributed by atoms with Crippen molar-refractivity contribution < 1.29 is 8.53 Å². The highest BCUT2D eigenvalue weighted by Crippen LogP contribution is 2.44. The Kier molecular flexibility index (Phi) is 4.30. The fourth-order valence-electron chi connectivity index (χ4n) is 5.80. The van der Waals surface area contributed by atoms with Crippen molar-refractivity contribution in [2.75, 3.05) is 0 Å². The van der Waals surface area contributed by atoms with Crippen LogP contribution in [-0.4, -0.2) is 4.98 Å². The van der Waals surface area contributed by atoms with Gasteiger partial charge in [0.2, 0.25) is 0 Å². The Morgan fingerprint density at radius 2 is 1.71 bits per heavy atom. The van der Waals surface area contributed by atoms with Crippen LogP contribution < -0.4 is 0 Å². The summed E-state index contributed by atoms with van der Waals surface area (Å²) in [4.78, 5) is 4.78. The van der Waals surface area contributed by atoms with E-state index in [1.165, 1.54) is 31.2 Å². The van der Waals surface area contributed by atoms with Crippen LogP contribution in [0, 0.1) is 12.8 Å². The number of rotatable bonds is 4. The number of nitrogens with zero attached hydrogens (tertiary/aromatic N) is 1. The fourth-order valence-corrected chi connectivity index (χ4v) is 5.80. The molecule has 1 fully saturated rings. The standard InChI is InChI=1S/C32H31NO/c1-21-13-14-27-29(19-21)34-31-26(16-15-25(30(27)31)22-9-5-4-6-10-22)28-20-24(17-18-33-28)32(2,3)23-11-7-8-12-23/h4-6,9-10,13-20,23H,7-8,11-12H2,1-3H3/i1D3. The van der Waals surface area contributed by atoms with Gasteiger partial charge in [0.1, 0.15) is 11.2 Å². The first kappa shape index (κ1) is 18.0. The molecule has 0 radical (unpaired) electrons. The molecule has 0 aliphatic heterocycles. The highest BCUT2D eigenvalue weighted by Gasteiger charge is 2.33. The Morgan fingerprint density at radius 3 is 2.50 bits per heavy atom. The van der Waals surface area contributed by atoms with Crippen molar-refractivity contribution in [3.63, 3.8) is 0 Å². The van der Waals surface area contributed by atoms with Crippen LogP contribution in [0.4, 0.5) is 0 Å². The number of hydrogen-bond acceptors (Lipinski definition) is 2. The van der Waals surface area contributed by atoms with Gasteiger partial charge in [0.25, 0.3) is 0 Å². The molecule has 1 saturated carbocycles. The fraction of sp³-hybridized carbons (Fsp3) is 0.281. The van der Waals surface area contributed by atoms with E-state index in [9.17, 15) is 0 Å². The molecular weight excluding hydrogens is 414 g/mol. The average Bonchev–Trinajstić information content (AvgIpc) is 3.57. The average molecular weight is 449 g/mol. The monoisotopic (exact) mass is 448 g/mol. The molecule has 2 heterocycles. The lowest BCUT2D eigenvalue weighted by Crippen LogP contribution is -2.26. The molecule has 6 rings (SSSR count). The van der Waals surface area contributed by atoms with Gasteiger partial charge in [-0.05, 0) is 77.5 Å². The van der Waals surface area contributed by atoms with Gasteiger partial charge < -0.3 is 4.42 Å². The lowest BCUT2D eigenvalue weighted by atomic mass is 9.72. The number of aromatic nitrogens is 1. The quantitative estimate of drug-likeness (QED) is 0.274. The van der Waals surface area contributed by atoms with Crippen molar-refractivity contribution in [2.45, 2.75) is 51.8 Å². The maximum Gasteiger partial charge on any atom is 0.145 e. The Morgan fingerprint density at radius 1 is 0.912 bits per heavy atom. The molecular formula is C32H31NO. The van der Waals surface area contributed by atoms with Gasteiger partial charge >= 0.3 is 0 Å². The van der Waals surface area contributed by atoms with E-state index in [2.05, 4.69) is 50.2 Å². The molecule has 0 bridgehead atoms. The second-order valence-electron chi connectivity index (χ2n) is 10.2. The van der Waals surface area contributed by atoms with Gasteiger partial charge in [-0.1, -0.05) is 75.2 Å². The van der Waals surface area contributed by atoms with Crippen molar-refractivity contribution >= 4 is 21.9 Å². The molecule has 0 amide bonds. The van der Waals surface area contributed by atoms with Crippen LogP contribution in [0.2, 0.25) is 0 Å². The molecule has 0 N–H and O–H groups in total. The number of pyridine rings is 1. The molecule has 0 atom stereocenters. The Hall–Kier alpha value is -3.39. The highest BCUT2D eigenvalue weighted by atomic mass is 16.3. The SMILES string of the molecule is [2H]C([2H])([2H])c1ccc2c(c1)oc1c(-c3cc(C(C)(C)C4CCCC4)ccn3)ccc(-c3ccccc3)c12. The van der Waals surface area contributed by atoms with Crippen LogP contribution in [0.1, 0.15) is 54.8 Å². The second kappa shape index (κ2) is 8.13. The zero-order chi connectivity index (χ0) is 25.8. The van der Waals surface area contributed by atoms with Crippen molar-refractivity contribution in [1.29, 1.82) is 0 Å². The lowest BCUT2D eigenvalue weighted by Gasteiger charge is -2.32. The Balaban J connectivity index is 1.58. The zero-order valence-corrected chi connectivity index (χ0v) is 19.8. The van der Waals surface area contributed by atoms with Crippen molar-refractivity contribution in [2.24, 2.45) is 5.92 Å². The normalized spacial score (nSPS) is 16.6. The molecule has 34 heavy (non-hydrogen) atoms. The molecule has 1 aliphatic rings. The molecule has 2 aromatic heterocycles. The van der Waals surface area contributed by atoms with Crippen LogP contribution in [0.15, 0.2) is 83.4 Å². The van der Waals surface area contributed by atoms with E-state index in [1.54, 1.807) is 12.1 Å². The van der Waals surface area contributed by atoms with Crippen LogP contribution in [0.5, 0.6) is 0 Å². The van der Waals surface area contributed by atoms with E-state index in [-0.39, 0.29) is 11.0 Å². The number of aryl methyl sites for hydroxylation is 1. The Bertz CT molecular complexity index is 1590. The van der Waals surface area contributed by atoms with E-state index in [4.69, 9.17) is 13.5 Å². The highest BCUT2D eigenvalue weighted by molar-refractivity contribution is 6.16. The summed E-state index contributed by atoms with van der Waals surface area (Å²) in [7, 11) is 0. The molecule has 1 aliphatic carbocycles. The number of furan rings is 1. The summed E-state index contributed by atoms with van der Waals surface area (Å²) in [6.07, 6.45) is 7.08. The molecule has 0 saturated heterocycles. The predicted molar refractivity (Wildman–Crippen MR) is 142 cm³/mol. The third-order valence-corrected chi connectivity index (χ3v) is 7.86. The summed E-state index contributed by atoms with van der Waals surface area (Å²) >= 11 is 0. The second-order valence-corrected chi connectivity index (χ2v) is 10.2. The third kappa shape index (κ3) is 3.44. The molecule has 2 heteroatoms. The number of fused-ring (bicyclic) bond motifs is 3. The van der Waals surface area contributed by atoms with E-state index in [0.29, 0.717) is 11.5 Å². The number of hydrogen-bond donors (Lipinski definition) is 0. The minimum absolute atomic E-state index is 0.0692. The summed E-state index contributed by atoms with van der Waals surface area (Å²) in [5.41, 5.74) is 6.91. The van der Waals surface area contributed by atoms with E-state index < -0.39 is 6.85 Å². The first-order valence-electron chi connectivity index (χ1n) is 13.8. The van der Waals surface area contributed by atoms with Crippen molar-refractivity contribution in [3.8, 4) is 22.4 Å². The molecule has 0 unspecified atom stereocenters. The lowest BCUT2D eigenvalue weighted by molar-refractivity contribution is 0.325. The molecule has 170 valence electrons. The van der Waals surface area contributed by atoms with Gasteiger partial charge in [-0.15, -0.1) is 0 Å². The van der Waals surface area contributed by atoms with Gasteiger partial charge in [-0.2, -0.15) is 0 Å². The smallest absolute Gasteiger partial charge is 0.145 e. The molecule has 2 nitrogen and oxygen atoms in total. The van der Waals surface area contributed by atoms with Crippen LogP contribution in [0.25, 0.3) is 44.3 Å². The first-order chi connectivity index (χ1) is 17.7. The van der Waals surface area contributed by atoms with Gasteiger partial charge in [0.15, 0.2) is 0 Å². The predicted octanol–water partition coefficient (Wildman–Crippen LogP) is 9.09. The molecule has 0 spiro atoms. The first-order valence-corrected chi connectivity index (χ1v) is 12.3. The maximum atomic E-state index is 7.87. The number of benzene rings is 3. The van der Waals surface area contributed by atoms with Gasteiger partial charge in [0, 0.05) is 26.6 Å². The van der Waals surface area contributed by atoms with Crippen LogP contribution in [-0.2, 0) is 5.41 Å². The summed E-state index contributed by atoms with van der Waals surface area (Å²) in [6, 6.07) is 24.1. The minimum Gasteiger partial charge on any atom is -0.455 e. The zero-order valence-electron chi connectivity index (χ0n) is 22.8. The summed E-state index contributed by atoms with van der Waals surface area (Å²) < 4.78 is 30.1. The summed E-state index contributed by atoms with van der Waals surface area (Å²) in [6.45, 7) is 2.52. The van der Waals surface area contributed by atoms with E-state index >= 15 is 0 Å². The van der Waals surface area contributed by atoms with Crippen molar-refractivity contribution in [3.05, 3.63) is 90.1 Å². The topological polar surface area (TPSA) is 26.0 Å². The van der Waals surface area contributed by atoms with Gasteiger partial charge in [0.05, 0.1) is 5.69 Å². The van der Waals surface area contributed by atoms with E-state index in [1.807, 2.05) is 30.5 Å². The minimum atomic E-state index is -2.19. The third-order valence-electron chi connectivity index (χ3n) is 7.86. The van der Waals surface area contributed by atoms with Gasteiger partial charge in [-0.25, -0.2) is 0 Å². The maximum absolute atomic E-state index is 7.87. The Labute approximate surface area is 205 Å². The van der Waals surface area contributed by atoms with Crippen LogP contribution in [0.3, 0.4) is 0 Å². The van der Waals surface area contributed by atoms with Crippen molar-refractivity contribution in [1.82, 2.24) is 4.98 Å². The van der Waals surface area contributed by atoms with Crippen LogP contribution >= 0.6 is 0 Å².